The molecule has 59 heavy (non-hydrogen) atoms. The molecule has 0 atom stereocenters. The zero-order valence-electron chi connectivity index (χ0n) is 31.6. The number of fused-ring (bicyclic) bond motifs is 5. The number of hydrogen-bond donors (Lipinski definition) is 0. The highest BCUT2D eigenvalue weighted by atomic mass is 32.1. The minimum atomic E-state index is 0.604. The van der Waals surface area contributed by atoms with E-state index in [1.807, 2.05) is 24.3 Å². The van der Waals surface area contributed by atoms with Crippen LogP contribution in [0.5, 0.6) is 0 Å². The zero-order chi connectivity index (χ0) is 39.1. The minimum absolute atomic E-state index is 0.604. The maximum atomic E-state index is 5.27. The van der Waals surface area contributed by atoms with Crippen LogP contribution in [0, 0.1) is 0 Å². The van der Waals surface area contributed by atoms with Gasteiger partial charge in [-0.2, -0.15) is 8.75 Å². The predicted octanol–water partition coefficient (Wildman–Crippen LogP) is 13.2. The van der Waals surface area contributed by atoms with E-state index >= 15 is 0 Å². The molecule has 0 aliphatic heterocycles. The zero-order valence-corrected chi connectivity index (χ0v) is 32.4. The molecule has 0 bridgehead atoms. The molecule has 0 radical (unpaired) electrons. The van der Waals surface area contributed by atoms with E-state index in [9.17, 15) is 0 Å². The highest BCUT2D eigenvalue weighted by molar-refractivity contribution is 7.00. The van der Waals surface area contributed by atoms with Crippen LogP contribution < -0.4 is 0 Å². The summed E-state index contributed by atoms with van der Waals surface area (Å²) >= 11 is 1.24. The van der Waals surface area contributed by atoms with Gasteiger partial charge in [-0.1, -0.05) is 164 Å². The lowest BCUT2D eigenvalue weighted by Crippen LogP contribution is -2.00. The van der Waals surface area contributed by atoms with E-state index in [1.54, 1.807) is 0 Å². The fraction of sp³-hybridized carbons (Fsp3) is 0. The summed E-state index contributed by atoms with van der Waals surface area (Å²) in [7, 11) is 0. The van der Waals surface area contributed by atoms with Crippen LogP contribution in [0.15, 0.2) is 194 Å². The maximum Gasteiger partial charge on any atom is 0.164 e. The van der Waals surface area contributed by atoms with Gasteiger partial charge in [-0.25, -0.2) is 19.9 Å². The lowest BCUT2D eigenvalue weighted by atomic mass is 9.96. The lowest BCUT2D eigenvalue weighted by molar-refractivity contribution is 1.07. The van der Waals surface area contributed by atoms with E-state index in [2.05, 4.69) is 174 Å². The Kier molecular flexibility index (Phi) is 8.56. The molecule has 0 aliphatic rings. The van der Waals surface area contributed by atoms with Crippen molar-refractivity contribution < 1.29 is 0 Å². The van der Waals surface area contributed by atoms with Crippen molar-refractivity contribution in [2.45, 2.75) is 0 Å². The molecule has 0 fully saturated rings. The first-order valence-corrected chi connectivity index (χ1v) is 20.2. The van der Waals surface area contributed by atoms with Crippen molar-refractivity contribution in [3.63, 3.8) is 0 Å². The molecule has 3 aromatic heterocycles. The van der Waals surface area contributed by atoms with Gasteiger partial charge in [-0.3, -0.25) is 0 Å². The van der Waals surface area contributed by atoms with Crippen molar-refractivity contribution >= 4 is 44.4 Å². The summed E-state index contributed by atoms with van der Waals surface area (Å²) in [5.74, 6) is 1.83. The molecule has 8 aromatic carbocycles. The first-order chi connectivity index (χ1) is 29.2. The van der Waals surface area contributed by atoms with E-state index in [1.165, 1.54) is 11.7 Å². The van der Waals surface area contributed by atoms with Gasteiger partial charge < -0.3 is 0 Å². The van der Waals surface area contributed by atoms with E-state index < -0.39 is 0 Å². The van der Waals surface area contributed by atoms with Gasteiger partial charge in [-0.05, 0) is 63.7 Å². The van der Waals surface area contributed by atoms with Gasteiger partial charge in [0.25, 0.3) is 0 Å². The van der Waals surface area contributed by atoms with E-state index in [0.717, 1.165) is 94.0 Å². The average molecular weight is 773 g/mol. The molecule has 0 amide bonds. The molecule has 0 unspecified atom stereocenters. The number of hydrogen-bond acceptors (Lipinski definition) is 7. The van der Waals surface area contributed by atoms with Crippen molar-refractivity contribution in [3.05, 3.63) is 194 Å². The molecule has 6 nitrogen and oxygen atoms in total. The fourth-order valence-corrected chi connectivity index (χ4v) is 8.39. The van der Waals surface area contributed by atoms with Crippen LogP contribution in [0.3, 0.4) is 0 Å². The minimum Gasteiger partial charge on any atom is -0.247 e. The quantitative estimate of drug-likeness (QED) is 0.150. The third-order valence-corrected chi connectivity index (χ3v) is 11.3. The molecule has 7 heteroatoms. The van der Waals surface area contributed by atoms with Crippen molar-refractivity contribution in [3.8, 4) is 78.8 Å². The van der Waals surface area contributed by atoms with E-state index in [0.29, 0.717) is 17.5 Å². The van der Waals surface area contributed by atoms with E-state index in [4.69, 9.17) is 24.3 Å². The van der Waals surface area contributed by atoms with E-state index in [-0.39, 0.29) is 0 Å². The van der Waals surface area contributed by atoms with Crippen molar-refractivity contribution in [2.24, 2.45) is 0 Å². The van der Waals surface area contributed by atoms with Gasteiger partial charge in [0.05, 0.1) is 22.9 Å². The summed E-state index contributed by atoms with van der Waals surface area (Å²) < 4.78 is 9.27. The molecular weight excluding hydrogens is 741 g/mol. The van der Waals surface area contributed by atoms with Gasteiger partial charge in [0.2, 0.25) is 0 Å². The molecule has 3 heterocycles. The summed E-state index contributed by atoms with van der Waals surface area (Å²) in [5, 5.41) is 3.19. The first kappa shape index (κ1) is 34.5. The monoisotopic (exact) mass is 772 g/mol. The molecule has 0 N–H and O–H groups in total. The number of rotatable bonds is 7. The second kappa shape index (κ2) is 14.6. The highest BCUT2D eigenvalue weighted by Crippen LogP contribution is 2.38. The summed E-state index contributed by atoms with van der Waals surface area (Å²) in [6, 6.07) is 67.0. The smallest absolute Gasteiger partial charge is 0.164 e. The highest BCUT2D eigenvalue weighted by Gasteiger charge is 2.17. The topological polar surface area (TPSA) is 77.3 Å². The van der Waals surface area contributed by atoms with Gasteiger partial charge in [0.1, 0.15) is 11.0 Å². The van der Waals surface area contributed by atoms with Crippen LogP contribution in [0.2, 0.25) is 0 Å². The molecular formula is C52H32N6S. The van der Waals surface area contributed by atoms with Crippen molar-refractivity contribution in [1.29, 1.82) is 0 Å². The largest absolute Gasteiger partial charge is 0.247 e. The Morgan fingerprint density at radius 3 is 1.36 bits per heavy atom. The number of benzene rings is 8. The maximum absolute atomic E-state index is 5.27. The third kappa shape index (κ3) is 6.49. The molecule has 0 aliphatic carbocycles. The molecule has 11 rings (SSSR count). The van der Waals surface area contributed by atoms with Crippen LogP contribution in [0.1, 0.15) is 0 Å². The van der Waals surface area contributed by atoms with Crippen LogP contribution >= 0.6 is 11.7 Å². The van der Waals surface area contributed by atoms with Crippen LogP contribution in [0.4, 0.5) is 0 Å². The fourth-order valence-electron chi connectivity index (χ4n) is 7.85. The summed E-state index contributed by atoms with van der Waals surface area (Å²) in [6.45, 7) is 0. The Balaban J connectivity index is 1.01. The van der Waals surface area contributed by atoms with Gasteiger partial charge in [0, 0.05) is 38.4 Å². The Bertz CT molecular complexity index is 3210. The van der Waals surface area contributed by atoms with Gasteiger partial charge in [0.15, 0.2) is 17.5 Å². The Morgan fingerprint density at radius 1 is 0.288 bits per heavy atom. The summed E-state index contributed by atoms with van der Waals surface area (Å²) in [6.07, 6.45) is 0. The first-order valence-electron chi connectivity index (χ1n) is 19.4. The molecule has 11 aromatic rings. The second-order valence-corrected chi connectivity index (χ2v) is 15.0. The third-order valence-electron chi connectivity index (χ3n) is 10.8. The summed E-state index contributed by atoms with van der Waals surface area (Å²) in [5.41, 5.74) is 14.0. The Hall–Kier alpha value is -7.74. The van der Waals surface area contributed by atoms with Crippen LogP contribution in [-0.2, 0) is 0 Å². The van der Waals surface area contributed by atoms with Crippen LogP contribution in [-0.4, -0.2) is 28.7 Å². The van der Waals surface area contributed by atoms with Gasteiger partial charge in [-0.15, -0.1) is 0 Å². The normalized spacial score (nSPS) is 11.4. The predicted molar refractivity (Wildman–Crippen MR) is 242 cm³/mol. The van der Waals surface area contributed by atoms with Crippen molar-refractivity contribution in [2.75, 3.05) is 0 Å². The average Bonchev–Trinajstić information content (AvgIpc) is 3.81. The number of aromatic nitrogens is 6. The lowest BCUT2D eigenvalue weighted by Gasteiger charge is -2.12. The number of pyridine rings is 1. The molecule has 276 valence electrons. The molecule has 0 saturated heterocycles. The molecule has 0 spiro atoms. The van der Waals surface area contributed by atoms with Crippen molar-refractivity contribution in [1.82, 2.24) is 28.7 Å². The second-order valence-electron chi connectivity index (χ2n) is 14.5. The standard InChI is InChI=1S/C52H32N6S/c1-4-12-33(13-5-1)38-18-10-20-41(30-38)51-54-50(55-52(56-51)42-21-11-19-39(31-42)34-14-6-2-7-15-34)37-24-22-35(23-25-37)40-26-27-43-46(32-40)53-48(36-16-8-3-9-17-36)44-28-29-45-49(47(43)44)58-59-57-45/h1-32H. The van der Waals surface area contributed by atoms with Gasteiger partial charge >= 0.3 is 0 Å². The Labute approximate surface area is 344 Å². The summed E-state index contributed by atoms with van der Waals surface area (Å²) in [4.78, 5) is 20.6. The van der Waals surface area contributed by atoms with Crippen LogP contribution in [0.25, 0.3) is 112 Å². The Morgan fingerprint density at radius 2 is 0.746 bits per heavy atom. The SMILES string of the molecule is c1ccc(-c2cccc(-c3nc(-c4ccc(-c5ccc6c(c5)nc(-c5ccccc5)c5ccc7nsnc7c56)cc4)nc(-c4cccc(-c5ccccc5)c4)n3)c2)cc1. The number of nitrogens with zero attached hydrogens (tertiary/aromatic N) is 6. The molecule has 0 saturated carbocycles.